The van der Waals surface area contributed by atoms with Crippen LogP contribution in [0.4, 0.5) is 18.9 Å². The van der Waals surface area contributed by atoms with Gasteiger partial charge < -0.3 is 14.0 Å². The molecule has 0 fully saturated rings. The number of alkyl halides is 3. The van der Waals surface area contributed by atoms with Gasteiger partial charge in [0.15, 0.2) is 0 Å². The number of aromatic nitrogens is 2. The van der Waals surface area contributed by atoms with Gasteiger partial charge in [-0.25, -0.2) is 14.6 Å². The van der Waals surface area contributed by atoms with Crippen molar-refractivity contribution >= 4 is 28.5 Å². The number of halogens is 3. The van der Waals surface area contributed by atoms with E-state index in [1.807, 2.05) is 0 Å². The van der Waals surface area contributed by atoms with Crippen LogP contribution in [0.5, 0.6) is 0 Å². The van der Waals surface area contributed by atoms with Gasteiger partial charge in [-0.1, -0.05) is 19.1 Å². The molecule has 0 aliphatic carbocycles. The molecule has 0 saturated carbocycles. The first-order chi connectivity index (χ1) is 19.4. The van der Waals surface area contributed by atoms with E-state index in [-0.39, 0.29) is 29.8 Å². The summed E-state index contributed by atoms with van der Waals surface area (Å²) in [5, 5.41) is 11.8. The van der Waals surface area contributed by atoms with Crippen LogP contribution in [-0.4, -0.2) is 26.4 Å². The van der Waals surface area contributed by atoms with E-state index in [4.69, 9.17) is 9.47 Å². The normalized spacial score (nSPS) is 17.4. The number of non-ortho nitro benzene ring substituents is 1. The topological polar surface area (TPSA) is 131 Å². The predicted octanol–water partition coefficient (Wildman–Crippen LogP) is 4.87. The molecule has 0 N–H and O–H groups in total. The minimum Gasteiger partial charge on any atom is -0.457 e. The minimum atomic E-state index is -4.71. The van der Waals surface area contributed by atoms with E-state index in [2.05, 4.69) is 4.98 Å². The summed E-state index contributed by atoms with van der Waals surface area (Å²) in [6.45, 7) is 1.15. The number of carbonyl (C=O) groups is 2. The Morgan fingerprint density at radius 2 is 1.93 bits per heavy atom. The molecule has 2 aliphatic rings. The SMILES string of the molecule is CC[C@@]1(OC(=O)c2cccc(C(F)(F)F)c2)C(=O)OCc2c1cc1n(c2=O)Cc2cc3c([N+](=O)[O-])cccc3nc2-1. The second-order valence-corrected chi connectivity index (χ2v) is 9.63. The Balaban J connectivity index is 1.49. The summed E-state index contributed by atoms with van der Waals surface area (Å²) in [4.78, 5) is 55.5. The number of fused-ring (bicyclic) bond motifs is 5. The molecule has 0 spiro atoms. The number of hydrogen-bond donors (Lipinski definition) is 0. The molecule has 2 aliphatic heterocycles. The van der Waals surface area contributed by atoms with Gasteiger partial charge in [0, 0.05) is 17.2 Å². The number of nitro benzene ring substituents is 1. The molecule has 2 aromatic carbocycles. The van der Waals surface area contributed by atoms with Crippen LogP contribution in [0.25, 0.3) is 22.3 Å². The Bertz CT molecular complexity index is 1880. The number of rotatable bonds is 4. The van der Waals surface area contributed by atoms with E-state index in [1.54, 1.807) is 12.1 Å². The first kappa shape index (κ1) is 26.2. The fourth-order valence-corrected chi connectivity index (χ4v) is 5.34. The highest BCUT2D eigenvalue weighted by molar-refractivity contribution is 5.94. The zero-order chi connectivity index (χ0) is 29.3. The first-order valence-corrected chi connectivity index (χ1v) is 12.4. The highest BCUT2D eigenvalue weighted by Gasteiger charge is 2.50. The molecule has 10 nitrogen and oxygen atoms in total. The number of nitro groups is 1. The van der Waals surface area contributed by atoms with Gasteiger partial charge in [-0.05, 0) is 42.8 Å². The summed E-state index contributed by atoms with van der Waals surface area (Å²) < 4.78 is 52.0. The van der Waals surface area contributed by atoms with Crippen molar-refractivity contribution in [3.05, 3.63) is 103 Å². The molecule has 6 rings (SSSR count). The summed E-state index contributed by atoms with van der Waals surface area (Å²) in [7, 11) is 0. The van der Waals surface area contributed by atoms with Crippen LogP contribution in [-0.2, 0) is 39.2 Å². The Morgan fingerprint density at radius 1 is 1.17 bits per heavy atom. The largest absolute Gasteiger partial charge is 0.457 e. The van der Waals surface area contributed by atoms with E-state index >= 15 is 0 Å². The van der Waals surface area contributed by atoms with Gasteiger partial charge in [0.1, 0.15) is 6.61 Å². The summed E-state index contributed by atoms with van der Waals surface area (Å²) in [5.74, 6) is -2.18. The van der Waals surface area contributed by atoms with Crippen LogP contribution in [0.2, 0.25) is 0 Å². The summed E-state index contributed by atoms with van der Waals surface area (Å²) in [6, 6.07) is 11.1. The Labute approximate surface area is 228 Å². The van der Waals surface area contributed by atoms with Crippen molar-refractivity contribution in [2.75, 3.05) is 0 Å². The van der Waals surface area contributed by atoms with Gasteiger partial charge in [-0.15, -0.1) is 0 Å². The molecular weight excluding hydrogens is 547 g/mol. The van der Waals surface area contributed by atoms with Gasteiger partial charge in [-0.3, -0.25) is 14.9 Å². The average Bonchev–Trinajstić information content (AvgIpc) is 3.30. The van der Waals surface area contributed by atoms with E-state index < -0.39 is 51.9 Å². The lowest BCUT2D eigenvalue weighted by atomic mass is 9.85. The Morgan fingerprint density at radius 3 is 2.63 bits per heavy atom. The highest BCUT2D eigenvalue weighted by Crippen LogP contribution is 2.42. The van der Waals surface area contributed by atoms with E-state index in [0.29, 0.717) is 33.9 Å². The minimum absolute atomic E-state index is 0.0374. The van der Waals surface area contributed by atoms with E-state index in [0.717, 1.165) is 18.2 Å². The second kappa shape index (κ2) is 8.98. The first-order valence-electron chi connectivity index (χ1n) is 12.4. The maximum atomic E-state index is 13.6. The number of ether oxygens (including phenoxy) is 2. The van der Waals surface area contributed by atoms with E-state index in [9.17, 15) is 37.7 Å². The van der Waals surface area contributed by atoms with Gasteiger partial charge in [-0.2, -0.15) is 13.2 Å². The predicted molar refractivity (Wildman–Crippen MR) is 136 cm³/mol. The van der Waals surface area contributed by atoms with Crippen molar-refractivity contribution in [3.63, 3.8) is 0 Å². The van der Waals surface area contributed by atoms with Crippen molar-refractivity contribution in [3.8, 4) is 11.4 Å². The average molecular weight is 565 g/mol. The third-order valence-electron chi connectivity index (χ3n) is 7.39. The molecule has 4 aromatic rings. The van der Waals surface area contributed by atoms with Crippen LogP contribution in [0.15, 0.2) is 59.4 Å². The highest BCUT2D eigenvalue weighted by atomic mass is 19.4. The zero-order valence-corrected chi connectivity index (χ0v) is 21.2. The van der Waals surface area contributed by atoms with Crippen molar-refractivity contribution in [1.82, 2.24) is 9.55 Å². The van der Waals surface area contributed by atoms with Gasteiger partial charge >= 0.3 is 18.1 Å². The molecule has 13 heteroatoms. The van der Waals surface area contributed by atoms with Gasteiger partial charge in [0.25, 0.3) is 11.2 Å². The number of benzene rings is 2. The van der Waals surface area contributed by atoms with E-state index in [1.165, 1.54) is 29.7 Å². The van der Waals surface area contributed by atoms with Crippen molar-refractivity contribution in [1.29, 1.82) is 0 Å². The summed E-state index contributed by atoms with van der Waals surface area (Å²) in [5.41, 5.74) is -2.76. The van der Waals surface area contributed by atoms with Crippen molar-refractivity contribution in [2.45, 2.75) is 38.3 Å². The number of cyclic esters (lactones) is 1. The van der Waals surface area contributed by atoms with Crippen LogP contribution >= 0.6 is 0 Å². The molecule has 0 radical (unpaired) electrons. The Hall–Kier alpha value is -5.07. The monoisotopic (exact) mass is 565 g/mol. The quantitative estimate of drug-likeness (QED) is 0.171. The third-order valence-corrected chi connectivity index (χ3v) is 7.39. The Kier molecular flexibility index (Phi) is 5.73. The number of hydrogen-bond acceptors (Lipinski definition) is 8. The van der Waals surface area contributed by atoms with Crippen molar-refractivity contribution < 1.29 is 37.2 Å². The molecule has 41 heavy (non-hydrogen) atoms. The molecule has 1 atom stereocenters. The third kappa shape index (κ3) is 3.95. The fourth-order valence-electron chi connectivity index (χ4n) is 5.34. The number of nitrogens with zero attached hydrogens (tertiary/aromatic N) is 3. The number of pyridine rings is 2. The number of esters is 2. The lowest BCUT2D eigenvalue weighted by molar-refractivity contribution is -0.383. The lowest BCUT2D eigenvalue weighted by Crippen LogP contribution is -2.47. The molecular formula is C28H18F3N3O7. The molecule has 0 unspecified atom stereocenters. The molecule has 208 valence electrons. The molecule has 0 amide bonds. The van der Waals surface area contributed by atoms with Crippen LogP contribution < -0.4 is 5.56 Å². The molecule has 4 heterocycles. The zero-order valence-electron chi connectivity index (χ0n) is 21.2. The lowest BCUT2D eigenvalue weighted by Gasteiger charge is -2.35. The summed E-state index contributed by atoms with van der Waals surface area (Å²) in [6.07, 6.45) is -4.90. The van der Waals surface area contributed by atoms with Gasteiger partial charge in [0.05, 0.1) is 50.4 Å². The fraction of sp³-hybridized carbons (Fsp3) is 0.214. The maximum Gasteiger partial charge on any atom is 0.416 e. The van der Waals surface area contributed by atoms with Gasteiger partial charge in [0.2, 0.25) is 5.60 Å². The maximum absolute atomic E-state index is 13.6. The number of carbonyl (C=O) groups excluding carboxylic acids is 2. The molecule has 0 saturated heterocycles. The second-order valence-electron chi connectivity index (χ2n) is 9.63. The standard InChI is InChI=1S/C28H18F3N3O7/c1-2-27(41-25(36)14-5-3-6-16(9-14)28(29,30)31)19-11-22-23-15(12-33(22)24(35)18(19)13-40-26(27)37)10-17-20(32-23)7-4-8-21(17)34(38)39/h3-11H,2,12-13H2,1H3/t27-/m0/s1. The molecule has 0 bridgehead atoms. The van der Waals surface area contributed by atoms with Crippen LogP contribution in [0.1, 0.15) is 46.0 Å². The molecule has 2 aromatic heterocycles. The smallest absolute Gasteiger partial charge is 0.416 e. The van der Waals surface area contributed by atoms with Crippen LogP contribution in [0, 0.1) is 10.1 Å². The van der Waals surface area contributed by atoms with Crippen LogP contribution in [0.3, 0.4) is 0 Å². The van der Waals surface area contributed by atoms with Crippen molar-refractivity contribution in [2.24, 2.45) is 0 Å². The summed E-state index contributed by atoms with van der Waals surface area (Å²) >= 11 is 0.